The number of nitrogens with zero attached hydrogens (tertiary/aromatic N) is 2. The third-order valence-electron chi connectivity index (χ3n) is 7.30. The highest BCUT2D eigenvalue weighted by Gasteiger charge is 2.34. The van der Waals surface area contributed by atoms with Crippen molar-refractivity contribution < 1.29 is 19.1 Å². The normalized spacial score (nSPS) is 15.5. The molecule has 1 aliphatic rings. The van der Waals surface area contributed by atoms with E-state index in [2.05, 4.69) is 38.3 Å². The van der Waals surface area contributed by atoms with Crippen LogP contribution in [0.3, 0.4) is 0 Å². The van der Waals surface area contributed by atoms with Gasteiger partial charge in [0.15, 0.2) is 0 Å². The molecule has 2 amide bonds. The number of amides is 2. The van der Waals surface area contributed by atoms with Gasteiger partial charge < -0.3 is 19.3 Å². The second-order valence-corrected chi connectivity index (χ2v) is 11.2. The minimum Gasteiger partial charge on any atom is -0.497 e. The summed E-state index contributed by atoms with van der Waals surface area (Å²) in [5, 5.41) is 2.09. The van der Waals surface area contributed by atoms with Crippen LogP contribution in [0, 0.1) is 19.8 Å². The first-order valence-corrected chi connectivity index (χ1v) is 14.2. The number of rotatable bonds is 10. The maximum Gasteiger partial charge on any atom is 0.254 e. The van der Waals surface area contributed by atoms with E-state index in [0.717, 1.165) is 29.7 Å². The number of ether oxygens (including phenoxy) is 2. The van der Waals surface area contributed by atoms with E-state index in [1.54, 1.807) is 41.5 Å². The van der Waals surface area contributed by atoms with Crippen molar-refractivity contribution in [1.82, 2.24) is 9.80 Å². The average molecular weight is 535 g/mol. The summed E-state index contributed by atoms with van der Waals surface area (Å²) >= 11 is 1.73. The number of thiophene rings is 1. The molecule has 3 aromatic rings. The molecule has 2 unspecified atom stereocenters. The van der Waals surface area contributed by atoms with Gasteiger partial charge in [-0.25, -0.2) is 0 Å². The lowest BCUT2D eigenvalue weighted by molar-refractivity contribution is -0.135. The van der Waals surface area contributed by atoms with E-state index in [1.807, 2.05) is 30.0 Å². The fourth-order valence-corrected chi connectivity index (χ4v) is 5.85. The summed E-state index contributed by atoms with van der Waals surface area (Å²) in [6, 6.07) is 15.2. The number of carbonyl (C=O) groups excluding carboxylic acids is 2. The van der Waals surface area contributed by atoms with Crippen molar-refractivity contribution in [2.75, 3.05) is 33.4 Å². The molecule has 0 radical (unpaired) electrons. The van der Waals surface area contributed by atoms with Gasteiger partial charge in [0, 0.05) is 23.5 Å². The third kappa shape index (κ3) is 6.38. The molecule has 2 atom stereocenters. The van der Waals surface area contributed by atoms with Crippen LogP contribution in [0.5, 0.6) is 11.5 Å². The standard InChI is InChI=1S/C31H38N2O4S/c1-6-21(2)18-32(31(35)24-8-7-9-25(17-24)36-5)19-30(34)33-14-12-29-26(13-15-38-29)27(33)20-37-28-11-10-22(3)16-23(28)4/h7-11,13,15-17,21,27H,6,12,14,18-20H2,1-5H3. The van der Waals surface area contributed by atoms with Gasteiger partial charge in [-0.3, -0.25) is 9.59 Å². The van der Waals surface area contributed by atoms with Crippen LogP contribution in [0.25, 0.3) is 0 Å². The Kier molecular flexibility index (Phi) is 9.10. The number of hydrogen-bond acceptors (Lipinski definition) is 5. The predicted octanol–water partition coefficient (Wildman–Crippen LogP) is 6.07. The second-order valence-electron chi connectivity index (χ2n) is 10.2. The summed E-state index contributed by atoms with van der Waals surface area (Å²) in [6.07, 6.45) is 1.73. The van der Waals surface area contributed by atoms with Crippen molar-refractivity contribution in [3.8, 4) is 11.5 Å². The molecule has 6 nitrogen and oxygen atoms in total. The van der Waals surface area contributed by atoms with Gasteiger partial charge in [0.2, 0.25) is 5.91 Å². The first-order chi connectivity index (χ1) is 18.3. The van der Waals surface area contributed by atoms with Crippen molar-refractivity contribution >= 4 is 23.2 Å². The molecule has 0 saturated carbocycles. The molecule has 0 spiro atoms. The molecule has 0 saturated heterocycles. The maximum atomic E-state index is 13.9. The van der Waals surface area contributed by atoms with Crippen LogP contribution in [0.1, 0.15) is 58.2 Å². The highest BCUT2D eigenvalue weighted by molar-refractivity contribution is 7.10. The highest BCUT2D eigenvalue weighted by atomic mass is 32.1. The number of carbonyl (C=O) groups is 2. The van der Waals surface area contributed by atoms with E-state index >= 15 is 0 Å². The van der Waals surface area contributed by atoms with Gasteiger partial charge in [-0.15, -0.1) is 11.3 Å². The zero-order valence-corrected chi connectivity index (χ0v) is 23.8. The van der Waals surface area contributed by atoms with E-state index in [1.165, 1.54) is 10.4 Å². The summed E-state index contributed by atoms with van der Waals surface area (Å²) in [7, 11) is 1.58. The van der Waals surface area contributed by atoms with Gasteiger partial charge in [-0.1, -0.05) is 44.0 Å². The summed E-state index contributed by atoms with van der Waals surface area (Å²) in [5.41, 5.74) is 3.93. The van der Waals surface area contributed by atoms with E-state index in [4.69, 9.17) is 9.47 Å². The Balaban J connectivity index is 1.56. The van der Waals surface area contributed by atoms with Crippen molar-refractivity contribution in [3.05, 3.63) is 81.0 Å². The molecular weight excluding hydrogens is 496 g/mol. The molecule has 0 N–H and O–H groups in total. The zero-order chi connectivity index (χ0) is 27.2. The van der Waals surface area contributed by atoms with Crippen molar-refractivity contribution in [2.45, 2.75) is 46.6 Å². The summed E-state index contributed by atoms with van der Waals surface area (Å²) in [4.78, 5) is 32.3. The van der Waals surface area contributed by atoms with Gasteiger partial charge in [-0.05, 0) is 73.0 Å². The summed E-state index contributed by atoms with van der Waals surface area (Å²) < 4.78 is 11.6. The first-order valence-electron chi connectivity index (χ1n) is 13.3. The Morgan fingerprint density at radius 2 is 1.97 bits per heavy atom. The minimum absolute atomic E-state index is 0.0277. The third-order valence-corrected chi connectivity index (χ3v) is 8.30. The Labute approximate surface area is 230 Å². The minimum atomic E-state index is -0.199. The van der Waals surface area contributed by atoms with E-state index in [9.17, 15) is 9.59 Å². The van der Waals surface area contributed by atoms with Crippen LogP contribution < -0.4 is 9.47 Å². The van der Waals surface area contributed by atoms with E-state index in [0.29, 0.717) is 31.0 Å². The second kappa shape index (κ2) is 12.5. The van der Waals surface area contributed by atoms with Gasteiger partial charge in [0.1, 0.15) is 24.7 Å². The number of benzene rings is 2. The molecule has 202 valence electrons. The molecule has 38 heavy (non-hydrogen) atoms. The first kappa shape index (κ1) is 27.7. The topological polar surface area (TPSA) is 59.1 Å². The molecule has 1 aliphatic heterocycles. The number of hydrogen-bond donors (Lipinski definition) is 0. The molecule has 2 aromatic carbocycles. The van der Waals surface area contributed by atoms with Crippen molar-refractivity contribution in [1.29, 1.82) is 0 Å². The Hall–Kier alpha value is -3.32. The van der Waals surface area contributed by atoms with Gasteiger partial charge >= 0.3 is 0 Å². The number of methoxy groups -OCH3 is 1. The fraction of sp³-hybridized carbons (Fsp3) is 0.419. The number of fused-ring (bicyclic) bond motifs is 1. The largest absolute Gasteiger partial charge is 0.497 e. The van der Waals surface area contributed by atoms with Crippen molar-refractivity contribution in [2.24, 2.45) is 5.92 Å². The smallest absolute Gasteiger partial charge is 0.254 e. The molecule has 2 heterocycles. The molecule has 4 rings (SSSR count). The Bertz CT molecular complexity index is 1270. The van der Waals surface area contributed by atoms with Crippen LogP contribution >= 0.6 is 11.3 Å². The van der Waals surface area contributed by atoms with Crippen LogP contribution in [-0.2, 0) is 11.2 Å². The van der Waals surface area contributed by atoms with Gasteiger partial charge in [0.25, 0.3) is 5.91 Å². The quantitative estimate of drug-likeness (QED) is 0.317. The average Bonchev–Trinajstić information content (AvgIpc) is 3.41. The zero-order valence-electron chi connectivity index (χ0n) is 23.0. The maximum absolute atomic E-state index is 13.9. The molecule has 7 heteroatoms. The fourth-order valence-electron chi connectivity index (χ4n) is 4.92. The lowest BCUT2D eigenvalue weighted by Crippen LogP contribution is -2.48. The highest BCUT2D eigenvalue weighted by Crippen LogP contribution is 2.34. The van der Waals surface area contributed by atoms with Crippen LogP contribution in [-0.4, -0.2) is 55.0 Å². The SMILES string of the molecule is CCC(C)CN(CC(=O)N1CCc2sccc2C1COc1ccc(C)cc1C)C(=O)c1cccc(OC)c1. The molecule has 0 bridgehead atoms. The van der Waals surface area contributed by atoms with Crippen LogP contribution in [0.4, 0.5) is 0 Å². The lowest BCUT2D eigenvalue weighted by Gasteiger charge is -2.37. The Morgan fingerprint density at radius 1 is 1.16 bits per heavy atom. The number of aryl methyl sites for hydroxylation is 2. The summed E-state index contributed by atoms with van der Waals surface area (Å²) in [6.45, 7) is 9.83. The Morgan fingerprint density at radius 3 is 2.71 bits per heavy atom. The van der Waals surface area contributed by atoms with Crippen LogP contribution in [0.2, 0.25) is 0 Å². The summed E-state index contributed by atoms with van der Waals surface area (Å²) in [5.74, 6) is 1.50. The van der Waals surface area contributed by atoms with Gasteiger partial charge in [0.05, 0.1) is 13.2 Å². The molecule has 1 aromatic heterocycles. The molecule has 0 aliphatic carbocycles. The molecular formula is C31H38N2O4S. The van der Waals surface area contributed by atoms with Crippen LogP contribution in [0.15, 0.2) is 53.9 Å². The van der Waals surface area contributed by atoms with E-state index in [-0.39, 0.29) is 30.3 Å². The predicted molar refractivity (Wildman–Crippen MR) is 152 cm³/mol. The van der Waals surface area contributed by atoms with E-state index < -0.39 is 0 Å². The monoisotopic (exact) mass is 534 g/mol. The molecule has 0 fully saturated rings. The van der Waals surface area contributed by atoms with Crippen molar-refractivity contribution in [3.63, 3.8) is 0 Å². The van der Waals surface area contributed by atoms with Gasteiger partial charge in [-0.2, -0.15) is 0 Å². The lowest BCUT2D eigenvalue weighted by atomic mass is 10.00.